The van der Waals surface area contributed by atoms with Crippen molar-refractivity contribution in [3.05, 3.63) is 54.0 Å². The molecule has 1 saturated heterocycles. The van der Waals surface area contributed by atoms with Crippen LogP contribution in [0.2, 0.25) is 0 Å². The average Bonchev–Trinajstić information content (AvgIpc) is 3.33. The zero-order chi connectivity index (χ0) is 17.9. The van der Waals surface area contributed by atoms with Crippen LogP contribution in [0, 0.1) is 0 Å². The van der Waals surface area contributed by atoms with Gasteiger partial charge < -0.3 is 14.4 Å². The molecule has 0 amide bonds. The summed E-state index contributed by atoms with van der Waals surface area (Å²) in [5.41, 5.74) is 1.51. The van der Waals surface area contributed by atoms with E-state index in [4.69, 9.17) is 9.26 Å². The lowest BCUT2D eigenvalue weighted by Crippen LogP contribution is -2.23. The SMILES string of the molecule is COc1cccc(CN2CCCC2c2nc(-c3ccccn3)no2)c1O. The highest BCUT2D eigenvalue weighted by Crippen LogP contribution is 2.36. The predicted molar refractivity (Wildman–Crippen MR) is 94.6 cm³/mol. The fourth-order valence-electron chi connectivity index (χ4n) is 3.34. The molecule has 3 aromatic rings. The van der Waals surface area contributed by atoms with E-state index in [1.165, 1.54) is 0 Å². The molecule has 0 saturated carbocycles. The summed E-state index contributed by atoms with van der Waals surface area (Å²) in [6, 6.07) is 11.2. The second-order valence-corrected chi connectivity index (χ2v) is 6.27. The van der Waals surface area contributed by atoms with Gasteiger partial charge in [-0.05, 0) is 37.6 Å². The van der Waals surface area contributed by atoms with Crippen LogP contribution in [0.3, 0.4) is 0 Å². The lowest BCUT2D eigenvalue weighted by Gasteiger charge is -2.22. The van der Waals surface area contributed by atoms with Crippen molar-refractivity contribution in [1.82, 2.24) is 20.0 Å². The maximum Gasteiger partial charge on any atom is 0.244 e. The summed E-state index contributed by atoms with van der Waals surface area (Å²) in [6.07, 6.45) is 3.68. The van der Waals surface area contributed by atoms with Crippen LogP contribution in [-0.4, -0.2) is 38.8 Å². The number of hydrogen-bond donors (Lipinski definition) is 1. The quantitative estimate of drug-likeness (QED) is 0.755. The van der Waals surface area contributed by atoms with Crippen LogP contribution in [0.15, 0.2) is 47.1 Å². The molecule has 1 aliphatic rings. The van der Waals surface area contributed by atoms with Crippen molar-refractivity contribution in [2.75, 3.05) is 13.7 Å². The molecule has 26 heavy (non-hydrogen) atoms. The largest absolute Gasteiger partial charge is 0.504 e. The Morgan fingerprint density at radius 1 is 1.27 bits per heavy atom. The molecule has 7 nitrogen and oxygen atoms in total. The Labute approximate surface area is 151 Å². The van der Waals surface area contributed by atoms with Gasteiger partial charge in [-0.25, -0.2) is 0 Å². The molecule has 1 atom stereocenters. The van der Waals surface area contributed by atoms with Gasteiger partial charge in [-0.15, -0.1) is 0 Å². The van der Waals surface area contributed by atoms with Crippen molar-refractivity contribution in [3.8, 4) is 23.0 Å². The van der Waals surface area contributed by atoms with E-state index in [0.717, 1.165) is 24.9 Å². The Kier molecular flexibility index (Phi) is 4.53. The Morgan fingerprint density at radius 3 is 3.00 bits per heavy atom. The molecule has 1 fully saturated rings. The molecular formula is C19H20N4O3. The summed E-state index contributed by atoms with van der Waals surface area (Å²) >= 11 is 0. The van der Waals surface area contributed by atoms with Gasteiger partial charge in [-0.1, -0.05) is 23.4 Å². The number of phenolic OH excluding ortho intramolecular Hbond substituents is 1. The van der Waals surface area contributed by atoms with Gasteiger partial charge in [0.15, 0.2) is 11.5 Å². The number of phenols is 1. The third-order valence-corrected chi connectivity index (χ3v) is 4.66. The van der Waals surface area contributed by atoms with Gasteiger partial charge in [0, 0.05) is 18.3 Å². The molecule has 7 heteroatoms. The van der Waals surface area contributed by atoms with Crippen molar-refractivity contribution in [2.24, 2.45) is 0 Å². The maximum atomic E-state index is 10.3. The first-order valence-corrected chi connectivity index (χ1v) is 8.60. The van der Waals surface area contributed by atoms with Crippen LogP contribution in [0.25, 0.3) is 11.5 Å². The van der Waals surface area contributed by atoms with Gasteiger partial charge in [0.2, 0.25) is 11.7 Å². The normalized spacial score (nSPS) is 17.5. The number of benzene rings is 1. The minimum atomic E-state index is 0.0329. The van der Waals surface area contributed by atoms with Gasteiger partial charge in [0.1, 0.15) is 5.69 Å². The second kappa shape index (κ2) is 7.13. The van der Waals surface area contributed by atoms with Crippen LogP contribution < -0.4 is 4.74 Å². The molecule has 0 bridgehead atoms. The average molecular weight is 352 g/mol. The molecule has 0 radical (unpaired) electrons. The molecule has 1 N–H and O–H groups in total. The van der Waals surface area contributed by atoms with E-state index in [2.05, 4.69) is 20.0 Å². The summed E-state index contributed by atoms with van der Waals surface area (Å²) in [6.45, 7) is 1.50. The van der Waals surface area contributed by atoms with E-state index in [0.29, 0.717) is 29.7 Å². The highest BCUT2D eigenvalue weighted by Gasteiger charge is 2.31. The van der Waals surface area contributed by atoms with Crippen LogP contribution >= 0.6 is 0 Å². The van der Waals surface area contributed by atoms with E-state index in [1.807, 2.05) is 30.3 Å². The van der Waals surface area contributed by atoms with Crippen molar-refractivity contribution < 1.29 is 14.4 Å². The highest BCUT2D eigenvalue weighted by atomic mass is 16.5. The Hall–Kier alpha value is -2.93. The number of ether oxygens (including phenoxy) is 1. The zero-order valence-electron chi connectivity index (χ0n) is 14.5. The number of aromatic nitrogens is 3. The maximum absolute atomic E-state index is 10.3. The Balaban J connectivity index is 1.55. The van der Waals surface area contributed by atoms with Crippen molar-refractivity contribution in [2.45, 2.75) is 25.4 Å². The number of likely N-dealkylation sites (tertiary alicyclic amines) is 1. The fourth-order valence-corrected chi connectivity index (χ4v) is 3.34. The first kappa shape index (κ1) is 16.5. The van der Waals surface area contributed by atoms with Crippen molar-refractivity contribution in [3.63, 3.8) is 0 Å². The molecular weight excluding hydrogens is 332 g/mol. The lowest BCUT2D eigenvalue weighted by atomic mass is 10.1. The van der Waals surface area contributed by atoms with Gasteiger partial charge in [0.05, 0.1) is 13.2 Å². The second-order valence-electron chi connectivity index (χ2n) is 6.27. The minimum Gasteiger partial charge on any atom is -0.504 e. The number of methoxy groups -OCH3 is 1. The molecule has 0 aliphatic carbocycles. The number of para-hydroxylation sites is 1. The van der Waals surface area contributed by atoms with Crippen LogP contribution in [0.5, 0.6) is 11.5 Å². The molecule has 4 rings (SSSR count). The summed E-state index contributed by atoms with van der Waals surface area (Å²) in [7, 11) is 1.55. The van der Waals surface area contributed by atoms with E-state index in [1.54, 1.807) is 19.4 Å². The molecule has 1 unspecified atom stereocenters. The first-order valence-electron chi connectivity index (χ1n) is 8.60. The van der Waals surface area contributed by atoms with Crippen molar-refractivity contribution >= 4 is 0 Å². The van der Waals surface area contributed by atoms with Crippen LogP contribution in [-0.2, 0) is 6.54 Å². The van der Waals surface area contributed by atoms with Gasteiger partial charge in [0.25, 0.3) is 0 Å². The van der Waals surface area contributed by atoms with Gasteiger partial charge in [-0.3, -0.25) is 9.88 Å². The number of pyridine rings is 1. The highest BCUT2D eigenvalue weighted by molar-refractivity contribution is 5.47. The van der Waals surface area contributed by atoms with E-state index >= 15 is 0 Å². The molecule has 1 aromatic carbocycles. The Bertz CT molecular complexity index is 882. The first-order chi connectivity index (χ1) is 12.8. The van der Waals surface area contributed by atoms with E-state index < -0.39 is 0 Å². The smallest absolute Gasteiger partial charge is 0.244 e. The predicted octanol–water partition coefficient (Wildman–Crippen LogP) is 3.18. The monoisotopic (exact) mass is 352 g/mol. The number of nitrogens with zero attached hydrogens (tertiary/aromatic N) is 4. The van der Waals surface area contributed by atoms with E-state index in [9.17, 15) is 5.11 Å². The number of hydrogen-bond acceptors (Lipinski definition) is 7. The molecule has 0 spiro atoms. The fraction of sp³-hybridized carbons (Fsp3) is 0.316. The van der Waals surface area contributed by atoms with Crippen LogP contribution in [0.1, 0.15) is 30.3 Å². The van der Waals surface area contributed by atoms with Crippen LogP contribution in [0.4, 0.5) is 0 Å². The lowest BCUT2D eigenvalue weighted by molar-refractivity contribution is 0.199. The topological polar surface area (TPSA) is 84.5 Å². The van der Waals surface area contributed by atoms with E-state index in [-0.39, 0.29) is 11.8 Å². The Morgan fingerprint density at radius 2 is 2.19 bits per heavy atom. The molecule has 1 aliphatic heterocycles. The number of aromatic hydroxyl groups is 1. The summed E-state index contributed by atoms with van der Waals surface area (Å²) in [5.74, 6) is 1.75. The number of rotatable bonds is 5. The summed E-state index contributed by atoms with van der Waals surface area (Å²) in [4.78, 5) is 11.0. The third-order valence-electron chi connectivity index (χ3n) is 4.66. The van der Waals surface area contributed by atoms with Crippen molar-refractivity contribution in [1.29, 1.82) is 0 Å². The molecule has 3 heterocycles. The summed E-state index contributed by atoms with van der Waals surface area (Å²) < 4.78 is 10.7. The summed E-state index contributed by atoms with van der Waals surface area (Å²) in [5, 5.41) is 14.4. The molecule has 134 valence electrons. The minimum absolute atomic E-state index is 0.0329. The zero-order valence-corrected chi connectivity index (χ0v) is 14.5. The van der Waals surface area contributed by atoms with Gasteiger partial charge >= 0.3 is 0 Å². The standard InChI is InChI=1S/C19H20N4O3/c1-25-16-9-4-6-13(17(16)24)12-23-11-5-8-15(23)19-21-18(22-26-19)14-7-2-3-10-20-14/h2-4,6-7,9-10,15,24H,5,8,11-12H2,1H3. The third kappa shape index (κ3) is 3.13. The molecule has 2 aromatic heterocycles. The van der Waals surface area contributed by atoms with Gasteiger partial charge in [-0.2, -0.15) is 4.98 Å².